The van der Waals surface area contributed by atoms with Crippen molar-refractivity contribution in [2.24, 2.45) is 0 Å². The van der Waals surface area contributed by atoms with E-state index in [0.717, 1.165) is 24.7 Å². The summed E-state index contributed by atoms with van der Waals surface area (Å²) >= 11 is 0. The molecule has 0 fully saturated rings. The third kappa shape index (κ3) is 2.90. The highest BCUT2D eigenvalue weighted by Crippen LogP contribution is 2.33. The number of hydrogen-bond acceptors (Lipinski definition) is 4. The summed E-state index contributed by atoms with van der Waals surface area (Å²) in [5, 5.41) is 3.14. The van der Waals surface area contributed by atoms with E-state index in [4.69, 9.17) is 9.47 Å². The van der Waals surface area contributed by atoms with Crippen LogP contribution in [0.2, 0.25) is 0 Å². The normalized spacial score (nSPS) is 14.1. The lowest BCUT2D eigenvalue weighted by molar-refractivity contribution is 0.171. The van der Waals surface area contributed by atoms with Gasteiger partial charge >= 0.3 is 0 Å². The molecule has 1 N–H and O–H groups in total. The minimum absolute atomic E-state index is 0.641. The van der Waals surface area contributed by atoms with Crippen molar-refractivity contribution in [3.8, 4) is 11.5 Å². The van der Waals surface area contributed by atoms with Gasteiger partial charge in [-0.25, -0.2) is 0 Å². The number of hydrogen-bond donors (Lipinski definition) is 1. The highest BCUT2D eigenvalue weighted by Gasteiger charge is 2.14. The molecule has 0 aromatic heterocycles. The fourth-order valence-corrected chi connectivity index (χ4v) is 2.02. The molecule has 17 heavy (non-hydrogen) atoms. The minimum atomic E-state index is 0.641. The van der Waals surface area contributed by atoms with Gasteiger partial charge in [-0.05, 0) is 44.3 Å². The molecule has 1 aromatic rings. The third-order valence-corrected chi connectivity index (χ3v) is 2.87. The number of fused-ring (bicyclic) bond motifs is 1. The molecule has 0 saturated carbocycles. The van der Waals surface area contributed by atoms with Crippen molar-refractivity contribution < 1.29 is 9.47 Å². The van der Waals surface area contributed by atoms with Crippen LogP contribution in [0.5, 0.6) is 11.5 Å². The molecule has 0 unspecified atom stereocenters. The Morgan fingerprint density at radius 2 is 1.88 bits per heavy atom. The van der Waals surface area contributed by atoms with Crippen molar-refractivity contribution in [1.29, 1.82) is 0 Å². The third-order valence-electron chi connectivity index (χ3n) is 2.87. The number of nitrogens with one attached hydrogen (secondary N) is 1. The lowest BCUT2D eigenvalue weighted by Crippen LogP contribution is -2.28. The summed E-state index contributed by atoms with van der Waals surface area (Å²) < 4.78 is 11.2. The largest absolute Gasteiger partial charge is 0.486 e. The van der Waals surface area contributed by atoms with Crippen LogP contribution in [0.4, 0.5) is 0 Å². The van der Waals surface area contributed by atoms with Crippen LogP contribution < -0.4 is 14.8 Å². The smallest absolute Gasteiger partial charge is 0.161 e. The fraction of sp³-hybridized carbons (Fsp3) is 0.538. The Bertz CT molecular complexity index is 393. The molecule has 0 bridgehead atoms. The van der Waals surface area contributed by atoms with Crippen LogP contribution in [0.15, 0.2) is 12.1 Å². The van der Waals surface area contributed by atoms with Gasteiger partial charge in [0, 0.05) is 13.2 Å². The van der Waals surface area contributed by atoms with Crippen LogP contribution in [0.25, 0.3) is 0 Å². The summed E-state index contributed by atoms with van der Waals surface area (Å²) in [6, 6.07) is 4.16. The molecule has 4 nitrogen and oxygen atoms in total. The molecular formula is C13H20N2O2. The van der Waals surface area contributed by atoms with Gasteiger partial charge in [-0.3, -0.25) is 4.90 Å². The maximum Gasteiger partial charge on any atom is 0.161 e. The highest BCUT2D eigenvalue weighted by atomic mass is 16.6. The summed E-state index contributed by atoms with van der Waals surface area (Å²) in [6.07, 6.45) is 0. The molecule has 0 spiro atoms. The van der Waals surface area contributed by atoms with Crippen molar-refractivity contribution in [1.82, 2.24) is 10.2 Å². The second-order valence-corrected chi connectivity index (χ2v) is 4.45. The van der Waals surface area contributed by atoms with Crippen LogP contribution in [0.3, 0.4) is 0 Å². The molecule has 0 amide bonds. The summed E-state index contributed by atoms with van der Waals surface area (Å²) in [6.45, 7) is 5.17. The van der Waals surface area contributed by atoms with Gasteiger partial charge in [0.2, 0.25) is 0 Å². The first-order valence-corrected chi connectivity index (χ1v) is 5.93. The van der Waals surface area contributed by atoms with Gasteiger partial charge in [-0.15, -0.1) is 0 Å². The SMILES string of the molecule is CNCN(C)Cc1cc2c(cc1C)OCCO2. The van der Waals surface area contributed by atoms with E-state index < -0.39 is 0 Å². The van der Waals surface area contributed by atoms with Gasteiger partial charge in [0.15, 0.2) is 11.5 Å². The summed E-state index contributed by atoms with van der Waals surface area (Å²) in [7, 11) is 4.04. The highest BCUT2D eigenvalue weighted by molar-refractivity contribution is 5.47. The van der Waals surface area contributed by atoms with Crippen molar-refractivity contribution in [3.63, 3.8) is 0 Å². The van der Waals surface area contributed by atoms with Gasteiger partial charge in [0.05, 0.1) is 0 Å². The molecule has 1 aliphatic rings. The van der Waals surface area contributed by atoms with Gasteiger partial charge < -0.3 is 14.8 Å². The van der Waals surface area contributed by atoms with E-state index in [-0.39, 0.29) is 0 Å². The Morgan fingerprint density at radius 1 is 1.24 bits per heavy atom. The van der Waals surface area contributed by atoms with E-state index in [1.165, 1.54) is 11.1 Å². The summed E-state index contributed by atoms with van der Waals surface area (Å²) in [4.78, 5) is 2.22. The van der Waals surface area contributed by atoms with Crippen LogP contribution in [0, 0.1) is 6.92 Å². The second-order valence-electron chi connectivity index (χ2n) is 4.45. The van der Waals surface area contributed by atoms with Crippen LogP contribution in [-0.2, 0) is 6.54 Å². The standard InChI is InChI=1S/C13H20N2O2/c1-10-6-12-13(17-5-4-16-12)7-11(10)8-15(3)9-14-2/h6-7,14H,4-5,8-9H2,1-3H3. The Labute approximate surface area is 103 Å². The van der Waals surface area contributed by atoms with Crippen molar-refractivity contribution in [3.05, 3.63) is 23.3 Å². The number of ether oxygens (including phenoxy) is 2. The maximum atomic E-state index is 5.60. The molecule has 1 heterocycles. The topological polar surface area (TPSA) is 33.7 Å². The Kier molecular flexibility index (Phi) is 3.86. The Hall–Kier alpha value is -1.26. The number of nitrogens with zero attached hydrogens (tertiary/aromatic N) is 1. The van der Waals surface area contributed by atoms with E-state index in [2.05, 4.69) is 36.3 Å². The minimum Gasteiger partial charge on any atom is -0.486 e. The molecule has 0 aliphatic carbocycles. The van der Waals surface area contributed by atoms with Gasteiger partial charge in [-0.2, -0.15) is 0 Å². The van der Waals surface area contributed by atoms with Crippen LogP contribution in [0.1, 0.15) is 11.1 Å². The zero-order chi connectivity index (χ0) is 12.3. The van der Waals surface area contributed by atoms with E-state index in [1.54, 1.807) is 0 Å². The Morgan fingerprint density at radius 3 is 2.53 bits per heavy atom. The first kappa shape index (κ1) is 12.2. The van der Waals surface area contributed by atoms with Gasteiger partial charge in [0.25, 0.3) is 0 Å². The van der Waals surface area contributed by atoms with Gasteiger partial charge in [-0.1, -0.05) is 0 Å². The molecule has 0 saturated heterocycles. The average Bonchev–Trinajstić information content (AvgIpc) is 2.30. The van der Waals surface area contributed by atoms with E-state index in [0.29, 0.717) is 13.2 Å². The van der Waals surface area contributed by atoms with Crippen LogP contribution >= 0.6 is 0 Å². The van der Waals surface area contributed by atoms with E-state index >= 15 is 0 Å². The molecule has 1 aromatic carbocycles. The summed E-state index contributed by atoms with van der Waals surface area (Å²) in [5.74, 6) is 1.74. The van der Waals surface area contributed by atoms with E-state index in [9.17, 15) is 0 Å². The molecular weight excluding hydrogens is 216 g/mol. The molecule has 1 aliphatic heterocycles. The average molecular weight is 236 g/mol. The fourth-order valence-electron chi connectivity index (χ4n) is 2.02. The lowest BCUT2D eigenvalue weighted by Gasteiger charge is -2.22. The molecule has 4 heteroatoms. The number of benzene rings is 1. The first-order valence-electron chi connectivity index (χ1n) is 5.93. The number of aryl methyl sites for hydroxylation is 1. The molecule has 0 radical (unpaired) electrons. The van der Waals surface area contributed by atoms with Crippen molar-refractivity contribution in [2.75, 3.05) is 34.0 Å². The molecule has 0 atom stereocenters. The zero-order valence-corrected chi connectivity index (χ0v) is 10.7. The van der Waals surface area contributed by atoms with Gasteiger partial charge in [0.1, 0.15) is 13.2 Å². The molecule has 94 valence electrons. The van der Waals surface area contributed by atoms with E-state index in [1.807, 2.05) is 7.05 Å². The Balaban J connectivity index is 2.16. The molecule has 2 rings (SSSR count). The summed E-state index contributed by atoms with van der Waals surface area (Å²) in [5.41, 5.74) is 2.53. The van der Waals surface area contributed by atoms with Crippen molar-refractivity contribution >= 4 is 0 Å². The zero-order valence-electron chi connectivity index (χ0n) is 10.7. The first-order chi connectivity index (χ1) is 8.20. The predicted octanol–water partition coefficient (Wildman–Crippen LogP) is 1.37. The monoisotopic (exact) mass is 236 g/mol. The lowest BCUT2D eigenvalue weighted by atomic mass is 10.1. The number of rotatable bonds is 4. The maximum absolute atomic E-state index is 5.60. The van der Waals surface area contributed by atoms with Crippen molar-refractivity contribution in [2.45, 2.75) is 13.5 Å². The van der Waals surface area contributed by atoms with Crippen LogP contribution in [-0.4, -0.2) is 38.9 Å². The predicted molar refractivity (Wildman–Crippen MR) is 67.6 cm³/mol. The second kappa shape index (κ2) is 5.38. The quantitative estimate of drug-likeness (QED) is 0.801.